The molecule has 1 aromatic heterocycles. The van der Waals surface area contributed by atoms with Crippen LogP contribution < -0.4 is 4.74 Å². The molecule has 1 aliphatic heterocycles. The van der Waals surface area contributed by atoms with Crippen LogP contribution in [0, 0.1) is 35.5 Å². The third-order valence-electron chi connectivity index (χ3n) is 10.6. The summed E-state index contributed by atoms with van der Waals surface area (Å²) in [6.07, 6.45) is 10.3. The molecule has 0 amide bonds. The average Bonchev–Trinajstić information content (AvgIpc) is 2.98. The molecule has 1 aromatic carbocycles. The van der Waals surface area contributed by atoms with Crippen LogP contribution in [0.2, 0.25) is 0 Å². The van der Waals surface area contributed by atoms with Gasteiger partial charge in [-0.05, 0) is 131 Å². The molecular formula is C36H54N2O4. The highest BCUT2D eigenvalue weighted by Gasteiger charge is 2.32. The van der Waals surface area contributed by atoms with Gasteiger partial charge in [0.25, 0.3) is 0 Å². The Kier molecular flexibility index (Phi) is 10.8. The number of carbonyl (C=O) groups is 1. The molecule has 6 heteroatoms. The number of hydrogen-bond acceptors (Lipinski definition) is 6. The van der Waals surface area contributed by atoms with Crippen molar-refractivity contribution in [2.24, 2.45) is 35.5 Å². The molecule has 1 saturated heterocycles. The Balaban J connectivity index is 1.04. The molecule has 42 heavy (non-hydrogen) atoms. The maximum absolute atomic E-state index is 12.8. The van der Waals surface area contributed by atoms with Crippen molar-refractivity contribution in [3.8, 4) is 5.75 Å². The average molecular weight is 579 g/mol. The normalized spacial score (nSPS) is 27.9. The van der Waals surface area contributed by atoms with Crippen LogP contribution >= 0.6 is 0 Å². The van der Waals surface area contributed by atoms with Crippen molar-refractivity contribution in [1.29, 1.82) is 0 Å². The number of likely N-dealkylation sites (tertiary alicyclic amines) is 1. The van der Waals surface area contributed by atoms with Gasteiger partial charge in [0.05, 0.1) is 35.9 Å². The van der Waals surface area contributed by atoms with E-state index < -0.39 is 0 Å². The summed E-state index contributed by atoms with van der Waals surface area (Å²) in [6.45, 7) is 12.3. The Labute approximate surface area is 253 Å². The van der Waals surface area contributed by atoms with Crippen LogP contribution in [0.3, 0.4) is 0 Å². The molecule has 2 heterocycles. The fraction of sp³-hybridized carbons (Fsp3) is 0.722. The van der Waals surface area contributed by atoms with Gasteiger partial charge < -0.3 is 14.6 Å². The zero-order valence-electron chi connectivity index (χ0n) is 26.5. The Morgan fingerprint density at radius 2 is 1.71 bits per heavy atom. The number of rotatable bonds is 10. The monoisotopic (exact) mass is 578 g/mol. The second kappa shape index (κ2) is 14.5. The summed E-state index contributed by atoms with van der Waals surface area (Å²) in [5.41, 5.74) is 2.07. The summed E-state index contributed by atoms with van der Waals surface area (Å²) in [7, 11) is 0. The number of aliphatic hydroxyl groups is 1. The van der Waals surface area contributed by atoms with Crippen molar-refractivity contribution in [3.63, 3.8) is 0 Å². The predicted molar refractivity (Wildman–Crippen MR) is 168 cm³/mol. The minimum atomic E-state index is -0.196. The highest BCUT2D eigenvalue weighted by molar-refractivity contribution is 5.80. The molecule has 6 nitrogen and oxygen atoms in total. The van der Waals surface area contributed by atoms with Crippen molar-refractivity contribution in [1.82, 2.24) is 9.88 Å². The Bertz CT molecular complexity index is 1150. The number of pyridine rings is 1. The van der Waals surface area contributed by atoms with Crippen LogP contribution in [0.5, 0.6) is 5.75 Å². The van der Waals surface area contributed by atoms with Crippen molar-refractivity contribution >= 4 is 16.9 Å². The number of hydrogen-bond donors (Lipinski definition) is 1. The number of esters is 1. The van der Waals surface area contributed by atoms with Crippen molar-refractivity contribution in [3.05, 3.63) is 36.0 Å². The van der Waals surface area contributed by atoms with Gasteiger partial charge in [0.15, 0.2) is 0 Å². The number of ether oxygens (including phenoxy) is 2. The smallest absolute Gasteiger partial charge is 0.309 e. The molecule has 0 radical (unpaired) electrons. The number of benzene rings is 1. The zero-order chi connectivity index (χ0) is 29.6. The van der Waals surface area contributed by atoms with E-state index in [-0.39, 0.29) is 18.0 Å². The Morgan fingerprint density at radius 3 is 2.43 bits per heavy atom. The van der Waals surface area contributed by atoms with Crippen molar-refractivity contribution in [2.45, 2.75) is 111 Å². The standard InChI is InChI=1S/C36H54N2O4/c1-24(2)26-6-10-32(11-7-26)42-33-12-14-35-29(22-33)5-8-30(37-35)23-38-18-15-27(16-19-38)36(40)41-20-17-28-21-31(39)9-13-34(28)25(3)4/h5,8,12,14,22,24-28,31-32,34,39H,6-7,9-11,13,15-21,23H2,1-4H3/t26?,28?,31-,32?,34+/m0/s1. The third kappa shape index (κ3) is 8.25. The molecular weight excluding hydrogens is 524 g/mol. The van der Waals surface area contributed by atoms with E-state index in [1.54, 1.807) is 0 Å². The highest BCUT2D eigenvalue weighted by Crippen LogP contribution is 2.37. The van der Waals surface area contributed by atoms with Gasteiger partial charge in [-0.1, -0.05) is 33.8 Å². The van der Waals surface area contributed by atoms with E-state index in [1.165, 1.54) is 12.8 Å². The van der Waals surface area contributed by atoms with E-state index in [2.05, 4.69) is 62.9 Å². The maximum Gasteiger partial charge on any atom is 0.309 e. The van der Waals surface area contributed by atoms with E-state index >= 15 is 0 Å². The number of piperidine rings is 1. The summed E-state index contributed by atoms with van der Waals surface area (Å²) in [4.78, 5) is 20.2. The predicted octanol–water partition coefficient (Wildman–Crippen LogP) is 7.41. The fourth-order valence-electron chi connectivity index (χ4n) is 7.83. The lowest BCUT2D eigenvalue weighted by Gasteiger charge is -2.36. The van der Waals surface area contributed by atoms with Gasteiger partial charge in [0.1, 0.15) is 5.75 Å². The molecule has 3 atom stereocenters. The minimum Gasteiger partial charge on any atom is -0.490 e. The molecule has 1 N–H and O–H groups in total. The Hall–Kier alpha value is -2.18. The van der Waals surface area contributed by atoms with Crippen LogP contribution in [-0.4, -0.2) is 52.9 Å². The maximum atomic E-state index is 12.8. The summed E-state index contributed by atoms with van der Waals surface area (Å²) in [6, 6.07) is 10.6. The largest absolute Gasteiger partial charge is 0.490 e. The lowest BCUT2D eigenvalue weighted by molar-refractivity contribution is -0.151. The molecule has 2 aliphatic carbocycles. The number of aromatic nitrogens is 1. The van der Waals surface area contributed by atoms with Crippen LogP contribution in [0.15, 0.2) is 30.3 Å². The SMILES string of the molecule is CC(C)C1CCC(Oc2ccc3nc(CN4CCC(C(=O)OCCC5C[C@@H](O)CC[C@@H]5C(C)C)CC4)ccc3c2)CC1. The van der Waals surface area contributed by atoms with Gasteiger partial charge >= 0.3 is 5.97 Å². The van der Waals surface area contributed by atoms with E-state index in [0.717, 1.165) is 105 Å². The van der Waals surface area contributed by atoms with Gasteiger partial charge in [-0.15, -0.1) is 0 Å². The summed E-state index contributed by atoms with van der Waals surface area (Å²) in [5.74, 6) is 4.19. The van der Waals surface area contributed by atoms with E-state index in [4.69, 9.17) is 14.5 Å². The van der Waals surface area contributed by atoms with Crippen LogP contribution in [0.25, 0.3) is 10.9 Å². The van der Waals surface area contributed by atoms with Gasteiger partial charge in [0, 0.05) is 11.9 Å². The Morgan fingerprint density at radius 1 is 0.952 bits per heavy atom. The van der Waals surface area contributed by atoms with Gasteiger partial charge in [-0.2, -0.15) is 0 Å². The first kappa shape index (κ1) is 31.3. The summed E-state index contributed by atoms with van der Waals surface area (Å²) in [5, 5.41) is 11.3. The van der Waals surface area contributed by atoms with E-state index in [0.29, 0.717) is 30.5 Å². The molecule has 0 spiro atoms. The van der Waals surface area contributed by atoms with Gasteiger partial charge in [-0.25, -0.2) is 0 Å². The number of fused-ring (bicyclic) bond motifs is 1. The number of carbonyl (C=O) groups excluding carboxylic acids is 1. The van der Waals surface area contributed by atoms with E-state index in [9.17, 15) is 9.90 Å². The van der Waals surface area contributed by atoms with Crippen LogP contribution in [-0.2, 0) is 16.1 Å². The first-order valence-corrected chi connectivity index (χ1v) is 16.9. The molecule has 3 fully saturated rings. The molecule has 1 unspecified atom stereocenters. The third-order valence-corrected chi connectivity index (χ3v) is 10.6. The number of aliphatic hydroxyl groups excluding tert-OH is 1. The van der Waals surface area contributed by atoms with E-state index in [1.807, 2.05) is 0 Å². The molecule has 5 rings (SSSR count). The zero-order valence-corrected chi connectivity index (χ0v) is 26.5. The summed E-state index contributed by atoms with van der Waals surface area (Å²) < 4.78 is 12.1. The lowest BCUT2D eigenvalue weighted by Crippen LogP contribution is -2.37. The van der Waals surface area contributed by atoms with Crippen LogP contribution in [0.1, 0.15) is 97.6 Å². The molecule has 232 valence electrons. The minimum absolute atomic E-state index is 0.0116. The molecule has 2 aromatic rings. The molecule has 2 saturated carbocycles. The highest BCUT2D eigenvalue weighted by atomic mass is 16.5. The molecule has 3 aliphatic rings. The fourth-order valence-corrected chi connectivity index (χ4v) is 7.83. The molecule has 0 bridgehead atoms. The summed E-state index contributed by atoms with van der Waals surface area (Å²) >= 11 is 0. The lowest BCUT2D eigenvalue weighted by atomic mass is 9.71. The van der Waals surface area contributed by atoms with Gasteiger partial charge in [0.2, 0.25) is 0 Å². The van der Waals surface area contributed by atoms with Crippen molar-refractivity contribution < 1.29 is 19.4 Å². The van der Waals surface area contributed by atoms with Crippen molar-refractivity contribution in [2.75, 3.05) is 19.7 Å². The van der Waals surface area contributed by atoms with Crippen LogP contribution in [0.4, 0.5) is 0 Å². The quantitative estimate of drug-likeness (QED) is 0.296. The first-order chi connectivity index (χ1) is 20.2. The second-order valence-electron chi connectivity index (χ2n) is 14.2. The first-order valence-electron chi connectivity index (χ1n) is 16.9. The topological polar surface area (TPSA) is 71.9 Å². The van der Waals surface area contributed by atoms with Gasteiger partial charge in [-0.3, -0.25) is 14.7 Å². The second-order valence-corrected chi connectivity index (χ2v) is 14.2. The number of nitrogens with zero attached hydrogens (tertiary/aromatic N) is 2.